The number of thiocarbonyl (C=S) groups is 1. The number of nitrogens with one attached hydrogen (secondary N) is 2. The molecule has 3 nitrogen and oxygen atoms in total. The lowest BCUT2D eigenvalue weighted by Crippen LogP contribution is -2.33. The average Bonchev–Trinajstić information content (AvgIpc) is 2.27. The largest absolute Gasteiger partial charge is 0.392 e. The minimum Gasteiger partial charge on any atom is -0.392 e. The first-order chi connectivity index (χ1) is 7.61. The van der Waals surface area contributed by atoms with E-state index in [0.29, 0.717) is 11.7 Å². The van der Waals surface area contributed by atoms with E-state index >= 15 is 0 Å². The molecule has 16 heavy (non-hydrogen) atoms. The number of benzene rings is 1. The molecule has 0 saturated carbocycles. The molecule has 1 aromatic carbocycles. The Balaban J connectivity index is 2.43. The maximum atomic E-state index is 9.09. The molecule has 0 aliphatic carbocycles. The van der Waals surface area contributed by atoms with E-state index in [1.165, 1.54) is 5.56 Å². The molecule has 0 aliphatic heterocycles. The average molecular weight is 238 g/mol. The third-order valence-corrected chi connectivity index (χ3v) is 2.42. The van der Waals surface area contributed by atoms with Gasteiger partial charge in [0, 0.05) is 12.2 Å². The van der Waals surface area contributed by atoms with Gasteiger partial charge < -0.3 is 15.7 Å². The summed E-state index contributed by atoms with van der Waals surface area (Å²) in [6.45, 7) is 4.29. The van der Waals surface area contributed by atoms with Crippen LogP contribution < -0.4 is 10.6 Å². The van der Waals surface area contributed by atoms with E-state index in [4.69, 9.17) is 17.3 Å². The summed E-state index contributed by atoms with van der Waals surface area (Å²) in [6, 6.07) is 8.13. The summed E-state index contributed by atoms with van der Waals surface area (Å²) in [5.74, 6) is 0. The van der Waals surface area contributed by atoms with E-state index in [-0.39, 0.29) is 0 Å². The maximum Gasteiger partial charge on any atom is 0.170 e. The van der Waals surface area contributed by atoms with Crippen LogP contribution in [0.4, 0.5) is 5.69 Å². The Labute approximate surface area is 102 Å². The van der Waals surface area contributed by atoms with Crippen LogP contribution in [0.3, 0.4) is 0 Å². The van der Waals surface area contributed by atoms with Crippen LogP contribution in [0.2, 0.25) is 0 Å². The molecule has 0 aromatic heterocycles. The van der Waals surface area contributed by atoms with Crippen molar-refractivity contribution in [3.05, 3.63) is 29.8 Å². The molecule has 4 heteroatoms. The monoisotopic (exact) mass is 238 g/mol. The quantitative estimate of drug-likeness (QED) is 0.701. The van der Waals surface area contributed by atoms with Gasteiger partial charge in [0.25, 0.3) is 0 Å². The molecule has 0 spiro atoms. The highest BCUT2D eigenvalue weighted by Crippen LogP contribution is 2.09. The number of anilines is 1. The molecular formula is C12H18N2OS. The lowest BCUT2D eigenvalue weighted by molar-refractivity contribution is 0.198. The van der Waals surface area contributed by atoms with Gasteiger partial charge in [0.05, 0.1) is 6.10 Å². The SMILES string of the molecule is CCc1ccc(NC(=S)NC[C@@H](C)O)cc1. The summed E-state index contributed by atoms with van der Waals surface area (Å²) >= 11 is 5.08. The third-order valence-electron chi connectivity index (χ3n) is 2.18. The van der Waals surface area contributed by atoms with E-state index in [1.807, 2.05) is 12.1 Å². The molecule has 88 valence electrons. The first-order valence-corrected chi connectivity index (χ1v) is 5.84. The third kappa shape index (κ3) is 4.59. The van der Waals surface area contributed by atoms with Gasteiger partial charge in [-0.25, -0.2) is 0 Å². The van der Waals surface area contributed by atoms with Gasteiger partial charge in [-0.2, -0.15) is 0 Å². The Morgan fingerprint density at radius 1 is 1.38 bits per heavy atom. The second-order valence-electron chi connectivity index (χ2n) is 3.73. The van der Waals surface area contributed by atoms with Crippen LogP contribution in [0.25, 0.3) is 0 Å². The van der Waals surface area contributed by atoms with Crippen molar-refractivity contribution in [3.63, 3.8) is 0 Å². The summed E-state index contributed by atoms with van der Waals surface area (Å²) in [6.07, 6.45) is 0.632. The number of aliphatic hydroxyl groups is 1. The van der Waals surface area contributed by atoms with Crippen molar-refractivity contribution in [3.8, 4) is 0 Å². The Morgan fingerprint density at radius 3 is 2.50 bits per heavy atom. The molecule has 1 rings (SSSR count). The molecule has 0 radical (unpaired) electrons. The molecule has 3 N–H and O–H groups in total. The van der Waals surface area contributed by atoms with Crippen molar-refractivity contribution in [2.45, 2.75) is 26.4 Å². The molecule has 0 amide bonds. The molecule has 1 aromatic rings. The van der Waals surface area contributed by atoms with Gasteiger partial charge in [-0.3, -0.25) is 0 Å². The van der Waals surface area contributed by atoms with E-state index in [2.05, 4.69) is 29.7 Å². The van der Waals surface area contributed by atoms with Crippen molar-refractivity contribution >= 4 is 23.0 Å². The highest BCUT2D eigenvalue weighted by atomic mass is 32.1. The topological polar surface area (TPSA) is 44.3 Å². The van der Waals surface area contributed by atoms with Crippen LogP contribution in [-0.2, 0) is 6.42 Å². The zero-order valence-corrected chi connectivity index (χ0v) is 10.5. The molecule has 1 atom stereocenters. The number of rotatable bonds is 4. The number of aryl methyl sites for hydroxylation is 1. The number of hydrogen-bond donors (Lipinski definition) is 3. The minimum absolute atomic E-state index is 0.401. The summed E-state index contributed by atoms with van der Waals surface area (Å²) < 4.78 is 0. The van der Waals surface area contributed by atoms with Crippen LogP contribution in [0.1, 0.15) is 19.4 Å². The molecule has 0 unspecified atom stereocenters. The van der Waals surface area contributed by atoms with Crippen molar-refractivity contribution in [1.29, 1.82) is 0 Å². The molecule has 0 heterocycles. The lowest BCUT2D eigenvalue weighted by atomic mass is 10.1. The lowest BCUT2D eigenvalue weighted by Gasteiger charge is -2.11. The summed E-state index contributed by atoms with van der Waals surface area (Å²) in [5.41, 5.74) is 2.26. The van der Waals surface area contributed by atoms with Gasteiger partial charge in [-0.15, -0.1) is 0 Å². The number of aliphatic hydroxyl groups excluding tert-OH is 1. The fourth-order valence-electron chi connectivity index (χ4n) is 1.24. The van der Waals surface area contributed by atoms with Crippen LogP contribution in [-0.4, -0.2) is 22.9 Å². The van der Waals surface area contributed by atoms with Crippen molar-refractivity contribution < 1.29 is 5.11 Å². The zero-order valence-electron chi connectivity index (χ0n) is 9.66. The fourth-order valence-corrected chi connectivity index (χ4v) is 1.44. The molecule has 0 bridgehead atoms. The number of hydrogen-bond acceptors (Lipinski definition) is 2. The Bertz CT molecular complexity index is 335. The van der Waals surface area contributed by atoms with Gasteiger partial charge in [0.1, 0.15) is 0 Å². The normalized spacial score (nSPS) is 11.9. The zero-order chi connectivity index (χ0) is 12.0. The van der Waals surface area contributed by atoms with Crippen molar-refractivity contribution in [2.24, 2.45) is 0 Å². The highest BCUT2D eigenvalue weighted by molar-refractivity contribution is 7.80. The van der Waals surface area contributed by atoms with Crippen molar-refractivity contribution in [1.82, 2.24) is 5.32 Å². The molecule has 0 aliphatic rings. The summed E-state index contributed by atoms with van der Waals surface area (Å²) in [4.78, 5) is 0. The molecule has 0 fully saturated rings. The van der Waals surface area contributed by atoms with E-state index < -0.39 is 6.10 Å². The molecular weight excluding hydrogens is 220 g/mol. The van der Waals surface area contributed by atoms with Gasteiger partial charge in [0.15, 0.2) is 5.11 Å². The first-order valence-electron chi connectivity index (χ1n) is 5.43. The van der Waals surface area contributed by atoms with Crippen LogP contribution >= 0.6 is 12.2 Å². The minimum atomic E-state index is -0.401. The first kappa shape index (κ1) is 12.9. The van der Waals surface area contributed by atoms with Crippen LogP contribution in [0.5, 0.6) is 0 Å². The Morgan fingerprint density at radius 2 is 2.00 bits per heavy atom. The smallest absolute Gasteiger partial charge is 0.170 e. The van der Waals surface area contributed by atoms with E-state index in [1.54, 1.807) is 6.92 Å². The van der Waals surface area contributed by atoms with Crippen molar-refractivity contribution in [2.75, 3.05) is 11.9 Å². The van der Waals surface area contributed by atoms with Crippen LogP contribution in [0.15, 0.2) is 24.3 Å². The summed E-state index contributed by atoms with van der Waals surface area (Å²) in [7, 11) is 0. The van der Waals surface area contributed by atoms with E-state index in [0.717, 1.165) is 12.1 Å². The van der Waals surface area contributed by atoms with Crippen LogP contribution in [0, 0.1) is 0 Å². The predicted molar refractivity (Wildman–Crippen MR) is 71.7 cm³/mol. The van der Waals surface area contributed by atoms with Gasteiger partial charge in [0.2, 0.25) is 0 Å². The van der Waals surface area contributed by atoms with Gasteiger partial charge in [-0.05, 0) is 43.3 Å². The van der Waals surface area contributed by atoms with Gasteiger partial charge >= 0.3 is 0 Å². The van der Waals surface area contributed by atoms with E-state index in [9.17, 15) is 0 Å². The second-order valence-corrected chi connectivity index (χ2v) is 4.14. The standard InChI is InChI=1S/C12H18N2OS/c1-3-10-4-6-11(7-5-10)14-12(16)13-8-9(2)15/h4-7,9,15H,3,8H2,1-2H3,(H2,13,14,16)/t9-/m1/s1. The highest BCUT2D eigenvalue weighted by Gasteiger charge is 1.99. The second kappa shape index (κ2) is 6.45. The predicted octanol–water partition coefficient (Wildman–Crippen LogP) is 1.92. The van der Waals surface area contributed by atoms with Gasteiger partial charge in [-0.1, -0.05) is 19.1 Å². The summed E-state index contributed by atoms with van der Waals surface area (Å²) in [5, 5.41) is 15.6. The Hall–Kier alpha value is -1.13. The fraction of sp³-hybridized carbons (Fsp3) is 0.417. The Kier molecular flexibility index (Phi) is 5.22. The molecule has 0 saturated heterocycles. The maximum absolute atomic E-state index is 9.09.